The topological polar surface area (TPSA) is 115 Å². The van der Waals surface area contributed by atoms with Gasteiger partial charge in [-0.3, -0.25) is 9.36 Å². The van der Waals surface area contributed by atoms with Gasteiger partial charge in [0.2, 0.25) is 5.95 Å². The summed E-state index contributed by atoms with van der Waals surface area (Å²) in [5.41, 5.74) is 1.11. The Morgan fingerprint density at radius 3 is 2.53 bits per heavy atom. The smallest absolute Gasteiger partial charge is 0.354 e. The van der Waals surface area contributed by atoms with Crippen LogP contribution in [0, 0.1) is 6.92 Å². The molecule has 0 saturated heterocycles. The van der Waals surface area contributed by atoms with Crippen molar-refractivity contribution in [3.63, 3.8) is 0 Å². The lowest BCUT2D eigenvalue weighted by molar-refractivity contribution is -0.137. The number of carboxylic acid groups (broad SMARTS) is 1. The number of rotatable bonds is 11. The SMILES string of the molecule is CCCOc1ccc(Nc2nc(=O)n(CCCC(=O)O)c(=O)n2Cc2ccc(C)cc2)cc1Cl. The van der Waals surface area contributed by atoms with Crippen LogP contribution in [-0.2, 0) is 17.9 Å². The van der Waals surface area contributed by atoms with E-state index in [4.69, 9.17) is 21.4 Å². The Balaban J connectivity index is 1.98. The van der Waals surface area contributed by atoms with E-state index in [1.54, 1.807) is 18.2 Å². The number of benzene rings is 2. The molecule has 1 aromatic heterocycles. The molecule has 10 heteroatoms. The highest BCUT2D eigenvalue weighted by molar-refractivity contribution is 6.32. The van der Waals surface area contributed by atoms with E-state index < -0.39 is 17.3 Å². The molecule has 2 N–H and O–H groups in total. The van der Waals surface area contributed by atoms with Gasteiger partial charge in [-0.05, 0) is 43.5 Å². The van der Waals surface area contributed by atoms with Crippen molar-refractivity contribution in [3.05, 3.63) is 79.6 Å². The van der Waals surface area contributed by atoms with E-state index in [0.29, 0.717) is 23.1 Å². The number of halogens is 1. The van der Waals surface area contributed by atoms with Gasteiger partial charge in [0.1, 0.15) is 5.75 Å². The number of hydrogen-bond acceptors (Lipinski definition) is 6. The summed E-state index contributed by atoms with van der Waals surface area (Å²) >= 11 is 6.32. The molecule has 0 atom stereocenters. The van der Waals surface area contributed by atoms with Crippen LogP contribution in [0.1, 0.15) is 37.3 Å². The first-order valence-electron chi connectivity index (χ1n) is 11.0. The van der Waals surface area contributed by atoms with E-state index >= 15 is 0 Å². The van der Waals surface area contributed by atoms with Gasteiger partial charge in [0, 0.05) is 18.7 Å². The zero-order chi connectivity index (χ0) is 24.7. The van der Waals surface area contributed by atoms with Crippen LogP contribution in [0.25, 0.3) is 0 Å². The number of anilines is 2. The second-order valence-electron chi connectivity index (χ2n) is 7.84. The Morgan fingerprint density at radius 1 is 1.15 bits per heavy atom. The van der Waals surface area contributed by atoms with Crippen LogP contribution in [0.3, 0.4) is 0 Å². The fraction of sp³-hybridized carbons (Fsp3) is 0.333. The van der Waals surface area contributed by atoms with Crippen LogP contribution in [-0.4, -0.2) is 31.8 Å². The number of ether oxygens (including phenoxy) is 1. The molecule has 34 heavy (non-hydrogen) atoms. The van der Waals surface area contributed by atoms with Crippen molar-refractivity contribution in [2.75, 3.05) is 11.9 Å². The van der Waals surface area contributed by atoms with E-state index in [1.165, 1.54) is 4.57 Å². The molecule has 0 unspecified atom stereocenters. The van der Waals surface area contributed by atoms with Crippen molar-refractivity contribution in [1.29, 1.82) is 0 Å². The molecule has 180 valence electrons. The van der Waals surface area contributed by atoms with Gasteiger partial charge in [-0.15, -0.1) is 0 Å². The highest BCUT2D eigenvalue weighted by Gasteiger charge is 2.15. The molecule has 1 heterocycles. The van der Waals surface area contributed by atoms with Crippen LogP contribution < -0.4 is 21.4 Å². The van der Waals surface area contributed by atoms with Crippen molar-refractivity contribution in [2.24, 2.45) is 0 Å². The number of aryl methyl sites for hydroxylation is 1. The summed E-state index contributed by atoms with van der Waals surface area (Å²) in [5, 5.41) is 12.3. The van der Waals surface area contributed by atoms with Crippen LogP contribution in [0.2, 0.25) is 5.02 Å². The van der Waals surface area contributed by atoms with Crippen molar-refractivity contribution in [1.82, 2.24) is 14.1 Å². The largest absolute Gasteiger partial charge is 0.492 e. The minimum atomic E-state index is -0.998. The number of nitrogens with zero attached hydrogens (tertiary/aromatic N) is 3. The van der Waals surface area contributed by atoms with Gasteiger partial charge in [-0.2, -0.15) is 4.98 Å². The van der Waals surface area contributed by atoms with Crippen molar-refractivity contribution < 1.29 is 14.6 Å². The lowest BCUT2D eigenvalue weighted by Crippen LogP contribution is -2.42. The third-order valence-electron chi connectivity index (χ3n) is 5.03. The Hall–Kier alpha value is -3.59. The molecule has 0 radical (unpaired) electrons. The van der Waals surface area contributed by atoms with Gasteiger partial charge in [0.15, 0.2) is 0 Å². The van der Waals surface area contributed by atoms with Gasteiger partial charge >= 0.3 is 17.3 Å². The van der Waals surface area contributed by atoms with Crippen LogP contribution >= 0.6 is 11.6 Å². The number of aliphatic carboxylic acids is 1. The molecule has 0 amide bonds. The monoisotopic (exact) mass is 486 g/mol. The molecule has 0 aliphatic carbocycles. The quantitative estimate of drug-likeness (QED) is 0.423. The fourth-order valence-corrected chi connectivity index (χ4v) is 3.49. The molecule has 0 saturated carbocycles. The second kappa shape index (κ2) is 11.5. The Bertz CT molecular complexity index is 1270. The molecule has 3 aromatic rings. The van der Waals surface area contributed by atoms with Crippen LogP contribution in [0.4, 0.5) is 11.6 Å². The zero-order valence-corrected chi connectivity index (χ0v) is 19.8. The Morgan fingerprint density at radius 2 is 1.88 bits per heavy atom. The fourth-order valence-electron chi connectivity index (χ4n) is 3.26. The molecule has 0 fully saturated rings. The summed E-state index contributed by atoms with van der Waals surface area (Å²) in [6, 6.07) is 12.7. The normalized spacial score (nSPS) is 10.8. The first kappa shape index (κ1) is 25.0. The van der Waals surface area contributed by atoms with Crippen LogP contribution in [0.15, 0.2) is 52.1 Å². The van der Waals surface area contributed by atoms with E-state index in [9.17, 15) is 14.4 Å². The maximum Gasteiger partial charge on any atom is 0.354 e. The Kier molecular flexibility index (Phi) is 8.48. The number of carbonyl (C=O) groups is 1. The molecule has 0 bridgehead atoms. The van der Waals surface area contributed by atoms with Gasteiger partial charge in [-0.25, -0.2) is 14.2 Å². The summed E-state index contributed by atoms with van der Waals surface area (Å²) in [4.78, 5) is 40.8. The van der Waals surface area contributed by atoms with Gasteiger partial charge in [-0.1, -0.05) is 48.4 Å². The van der Waals surface area contributed by atoms with E-state index in [-0.39, 0.29) is 31.9 Å². The lowest BCUT2D eigenvalue weighted by Gasteiger charge is -2.16. The van der Waals surface area contributed by atoms with E-state index in [1.807, 2.05) is 38.1 Å². The van der Waals surface area contributed by atoms with E-state index in [2.05, 4.69) is 10.3 Å². The van der Waals surface area contributed by atoms with Crippen LogP contribution in [0.5, 0.6) is 5.75 Å². The summed E-state index contributed by atoms with van der Waals surface area (Å²) in [6.07, 6.45) is 0.821. The van der Waals surface area contributed by atoms with Gasteiger partial charge in [0.25, 0.3) is 0 Å². The standard InChI is InChI=1S/C24H27ClN4O5/c1-3-13-34-20-11-10-18(14-19(20)25)26-22-27-23(32)28(12-4-5-21(30)31)24(33)29(22)15-17-8-6-16(2)7-9-17/h6-11,14H,3-5,12-13,15H2,1-2H3,(H,30,31)(H,26,27,32). The molecule has 0 spiro atoms. The van der Waals surface area contributed by atoms with Gasteiger partial charge in [0.05, 0.1) is 18.2 Å². The number of hydrogen-bond donors (Lipinski definition) is 2. The number of nitrogens with one attached hydrogen (secondary N) is 1. The lowest BCUT2D eigenvalue weighted by atomic mass is 10.1. The Labute approximate surface area is 201 Å². The maximum absolute atomic E-state index is 13.2. The second-order valence-corrected chi connectivity index (χ2v) is 8.25. The number of carboxylic acids is 1. The average molecular weight is 487 g/mol. The molecule has 3 rings (SSSR count). The third kappa shape index (κ3) is 6.48. The molecular formula is C24H27ClN4O5. The van der Waals surface area contributed by atoms with E-state index in [0.717, 1.165) is 22.1 Å². The minimum Gasteiger partial charge on any atom is -0.492 e. The van der Waals surface area contributed by atoms with Crippen molar-refractivity contribution >= 4 is 29.2 Å². The summed E-state index contributed by atoms with van der Waals surface area (Å²) in [5.74, 6) is -0.404. The molecule has 2 aromatic carbocycles. The molecular weight excluding hydrogens is 460 g/mol. The summed E-state index contributed by atoms with van der Waals surface area (Å²) in [6.45, 7) is 4.61. The third-order valence-corrected chi connectivity index (χ3v) is 5.33. The number of aromatic nitrogens is 3. The summed E-state index contributed by atoms with van der Waals surface area (Å²) in [7, 11) is 0. The van der Waals surface area contributed by atoms with Gasteiger partial charge < -0.3 is 15.2 Å². The zero-order valence-electron chi connectivity index (χ0n) is 19.1. The van der Waals surface area contributed by atoms with Crippen molar-refractivity contribution in [2.45, 2.75) is 46.2 Å². The highest BCUT2D eigenvalue weighted by atomic mass is 35.5. The summed E-state index contributed by atoms with van der Waals surface area (Å²) < 4.78 is 7.89. The molecule has 9 nitrogen and oxygen atoms in total. The first-order chi connectivity index (χ1) is 16.3. The molecule has 0 aliphatic rings. The maximum atomic E-state index is 13.2. The van der Waals surface area contributed by atoms with Crippen molar-refractivity contribution in [3.8, 4) is 5.75 Å². The molecule has 0 aliphatic heterocycles. The average Bonchev–Trinajstić information content (AvgIpc) is 2.79. The predicted molar refractivity (Wildman–Crippen MR) is 130 cm³/mol. The first-order valence-corrected chi connectivity index (χ1v) is 11.3. The predicted octanol–water partition coefficient (Wildman–Crippen LogP) is 3.81. The minimum absolute atomic E-state index is 0.0412. The highest BCUT2D eigenvalue weighted by Crippen LogP contribution is 2.29.